The number of amides is 2. The summed E-state index contributed by atoms with van der Waals surface area (Å²) in [6.45, 7) is 1.42. The molecular weight excluding hydrogens is 485 g/mol. The molecule has 0 unspecified atom stereocenters. The van der Waals surface area contributed by atoms with Crippen LogP contribution in [-0.2, 0) is 26.9 Å². The van der Waals surface area contributed by atoms with Gasteiger partial charge in [0.2, 0.25) is 5.91 Å². The Labute approximate surface area is 207 Å². The van der Waals surface area contributed by atoms with Gasteiger partial charge in [-0.3, -0.25) is 9.59 Å². The Morgan fingerprint density at radius 3 is 2.31 bits per heavy atom. The van der Waals surface area contributed by atoms with Gasteiger partial charge in [0, 0.05) is 48.8 Å². The number of halogens is 1. The van der Waals surface area contributed by atoms with Crippen LogP contribution in [0.15, 0.2) is 82.4 Å². The number of para-hydroxylation sites is 1. The number of nitrogens with zero attached hydrogens (tertiary/aromatic N) is 3. The van der Waals surface area contributed by atoms with Gasteiger partial charge >= 0.3 is 0 Å². The van der Waals surface area contributed by atoms with Crippen LogP contribution in [0.4, 0.5) is 4.39 Å². The lowest BCUT2D eigenvalue weighted by molar-refractivity contribution is -0.133. The number of aromatic nitrogens is 1. The minimum atomic E-state index is -3.88. The molecule has 2 amide bonds. The molecule has 0 saturated carbocycles. The predicted octanol–water partition coefficient (Wildman–Crippen LogP) is 3.33. The number of piperazine rings is 1. The van der Waals surface area contributed by atoms with E-state index in [9.17, 15) is 22.4 Å². The summed E-state index contributed by atoms with van der Waals surface area (Å²) in [5.41, 5.74) is 0.692. The summed E-state index contributed by atoms with van der Waals surface area (Å²) < 4.78 is 47.4. The lowest BCUT2D eigenvalue weighted by atomic mass is 10.2. The van der Waals surface area contributed by atoms with Crippen molar-refractivity contribution >= 4 is 32.6 Å². The SMILES string of the molecule is O=C(Cn1cc(S(=O)(=O)Cc2ccccc2F)c2ccccc21)N1CCN(C(=O)c2ccco2)CC1. The van der Waals surface area contributed by atoms with Gasteiger partial charge < -0.3 is 18.8 Å². The number of carbonyl (C=O) groups excluding carboxylic acids is 2. The van der Waals surface area contributed by atoms with Gasteiger partial charge in [-0.2, -0.15) is 0 Å². The second-order valence-corrected chi connectivity index (χ2v) is 10.6. The Hall–Kier alpha value is -3.92. The van der Waals surface area contributed by atoms with E-state index in [0.717, 1.165) is 0 Å². The zero-order valence-electron chi connectivity index (χ0n) is 19.3. The van der Waals surface area contributed by atoms with Gasteiger partial charge in [-0.05, 0) is 24.3 Å². The van der Waals surface area contributed by atoms with E-state index >= 15 is 0 Å². The first-order valence-corrected chi connectivity index (χ1v) is 13.1. The summed E-state index contributed by atoms with van der Waals surface area (Å²) >= 11 is 0. The Morgan fingerprint density at radius 1 is 0.889 bits per heavy atom. The first kappa shape index (κ1) is 23.8. The highest BCUT2D eigenvalue weighted by Gasteiger charge is 2.28. The molecule has 2 aromatic carbocycles. The molecule has 0 aliphatic carbocycles. The van der Waals surface area contributed by atoms with Crippen LogP contribution in [0.1, 0.15) is 16.1 Å². The number of fused-ring (bicyclic) bond motifs is 1. The molecule has 8 nitrogen and oxygen atoms in total. The molecular formula is C26H24FN3O5S. The average Bonchev–Trinajstić information content (AvgIpc) is 3.54. The van der Waals surface area contributed by atoms with Gasteiger partial charge in [-0.1, -0.05) is 36.4 Å². The smallest absolute Gasteiger partial charge is 0.289 e. The molecule has 2 aromatic heterocycles. The molecule has 0 radical (unpaired) electrons. The third kappa shape index (κ3) is 4.64. The van der Waals surface area contributed by atoms with Crippen molar-refractivity contribution < 1.29 is 26.8 Å². The highest BCUT2D eigenvalue weighted by molar-refractivity contribution is 7.90. The standard InChI is InChI=1S/C26H24FN3O5S/c27-21-8-3-1-6-19(21)18-36(33,34)24-16-30(22-9-4-2-7-20(22)24)17-25(31)28-11-13-29(14-12-28)26(32)23-10-5-15-35-23/h1-10,15-16H,11-14,17-18H2. The molecule has 1 aliphatic heterocycles. The van der Waals surface area contributed by atoms with Crippen LogP contribution in [0.2, 0.25) is 0 Å². The fourth-order valence-electron chi connectivity index (χ4n) is 4.45. The number of benzene rings is 2. The quantitative estimate of drug-likeness (QED) is 0.398. The van der Waals surface area contributed by atoms with Gasteiger partial charge in [-0.15, -0.1) is 0 Å². The Kier molecular flexibility index (Phi) is 6.36. The normalized spacial score (nSPS) is 14.4. The maximum atomic E-state index is 14.1. The molecule has 1 aliphatic rings. The van der Waals surface area contributed by atoms with Gasteiger partial charge in [-0.25, -0.2) is 12.8 Å². The molecule has 186 valence electrons. The Morgan fingerprint density at radius 2 is 1.58 bits per heavy atom. The van der Waals surface area contributed by atoms with E-state index in [-0.39, 0.29) is 34.6 Å². The van der Waals surface area contributed by atoms with Crippen molar-refractivity contribution in [3.63, 3.8) is 0 Å². The molecule has 0 N–H and O–H groups in total. The fourth-order valence-corrected chi connectivity index (χ4v) is 6.04. The largest absolute Gasteiger partial charge is 0.459 e. The lowest BCUT2D eigenvalue weighted by Crippen LogP contribution is -2.51. The number of rotatable bonds is 6. The summed E-state index contributed by atoms with van der Waals surface area (Å²) in [5, 5.41) is 0.482. The van der Waals surface area contributed by atoms with Crippen molar-refractivity contribution in [1.82, 2.24) is 14.4 Å². The minimum Gasteiger partial charge on any atom is -0.459 e. The molecule has 0 spiro atoms. The molecule has 0 atom stereocenters. The van der Waals surface area contributed by atoms with Crippen LogP contribution in [0.5, 0.6) is 0 Å². The topological polar surface area (TPSA) is 92.8 Å². The third-order valence-corrected chi connectivity index (χ3v) is 8.03. The Bertz CT molecular complexity index is 1520. The molecule has 36 heavy (non-hydrogen) atoms. The second kappa shape index (κ2) is 9.62. The van der Waals surface area contributed by atoms with E-state index in [1.807, 2.05) is 0 Å². The second-order valence-electron chi connectivity index (χ2n) is 8.64. The fraction of sp³-hybridized carbons (Fsp3) is 0.231. The van der Waals surface area contributed by atoms with Crippen molar-refractivity contribution in [2.24, 2.45) is 0 Å². The van der Waals surface area contributed by atoms with E-state index in [1.54, 1.807) is 56.8 Å². The van der Waals surface area contributed by atoms with Crippen molar-refractivity contribution in [3.8, 4) is 0 Å². The van der Waals surface area contributed by atoms with Gasteiger partial charge in [0.15, 0.2) is 15.6 Å². The summed E-state index contributed by atoms with van der Waals surface area (Å²) in [7, 11) is -3.88. The van der Waals surface area contributed by atoms with Crippen LogP contribution in [0.25, 0.3) is 10.9 Å². The lowest BCUT2D eigenvalue weighted by Gasteiger charge is -2.34. The zero-order chi connectivity index (χ0) is 25.3. The molecule has 10 heteroatoms. The number of hydrogen-bond acceptors (Lipinski definition) is 5. The van der Waals surface area contributed by atoms with Gasteiger partial charge in [0.05, 0.1) is 16.9 Å². The monoisotopic (exact) mass is 509 g/mol. The minimum absolute atomic E-state index is 0.0537. The first-order valence-electron chi connectivity index (χ1n) is 11.5. The maximum Gasteiger partial charge on any atom is 0.289 e. The number of furan rings is 1. The molecule has 4 aromatic rings. The molecule has 3 heterocycles. The van der Waals surface area contributed by atoms with Crippen molar-refractivity contribution in [3.05, 3.63) is 90.3 Å². The van der Waals surface area contributed by atoms with Gasteiger partial charge in [0.25, 0.3) is 5.91 Å². The highest BCUT2D eigenvalue weighted by Crippen LogP contribution is 2.29. The van der Waals surface area contributed by atoms with Crippen molar-refractivity contribution in [1.29, 1.82) is 0 Å². The predicted molar refractivity (Wildman–Crippen MR) is 130 cm³/mol. The molecule has 1 fully saturated rings. The van der Waals surface area contributed by atoms with Gasteiger partial charge in [0.1, 0.15) is 12.4 Å². The van der Waals surface area contributed by atoms with Crippen molar-refractivity contribution in [2.75, 3.05) is 26.2 Å². The maximum absolute atomic E-state index is 14.1. The van der Waals surface area contributed by atoms with E-state index in [0.29, 0.717) is 37.1 Å². The van der Waals surface area contributed by atoms with Crippen LogP contribution in [-0.4, -0.2) is 60.8 Å². The number of sulfone groups is 1. The zero-order valence-corrected chi connectivity index (χ0v) is 20.2. The van der Waals surface area contributed by atoms with E-state index in [4.69, 9.17) is 4.42 Å². The summed E-state index contributed by atoms with van der Waals surface area (Å²) in [5.74, 6) is -1.19. The van der Waals surface area contributed by atoms with Crippen LogP contribution < -0.4 is 0 Å². The number of carbonyl (C=O) groups is 2. The molecule has 0 bridgehead atoms. The third-order valence-electron chi connectivity index (χ3n) is 6.35. The molecule has 1 saturated heterocycles. The summed E-state index contributed by atoms with van der Waals surface area (Å²) in [6, 6.07) is 16.0. The molecule has 5 rings (SSSR count). The highest BCUT2D eigenvalue weighted by atomic mass is 32.2. The van der Waals surface area contributed by atoms with Crippen LogP contribution in [0.3, 0.4) is 0 Å². The van der Waals surface area contributed by atoms with E-state index in [1.165, 1.54) is 30.7 Å². The first-order chi connectivity index (χ1) is 17.3. The van der Waals surface area contributed by atoms with E-state index in [2.05, 4.69) is 0 Å². The Balaban J connectivity index is 1.33. The van der Waals surface area contributed by atoms with Crippen LogP contribution >= 0.6 is 0 Å². The average molecular weight is 510 g/mol. The van der Waals surface area contributed by atoms with Crippen molar-refractivity contribution in [2.45, 2.75) is 17.2 Å². The summed E-state index contributed by atoms with van der Waals surface area (Å²) in [4.78, 5) is 28.9. The summed E-state index contributed by atoms with van der Waals surface area (Å²) in [6.07, 6.45) is 2.90. The van der Waals surface area contributed by atoms with Crippen LogP contribution in [0, 0.1) is 5.82 Å². The van der Waals surface area contributed by atoms with E-state index < -0.39 is 21.4 Å². The number of hydrogen-bond donors (Lipinski definition) is 0.